The molecule has 0 saturated carbocycles. The van der Waals surface area contributed by atoms with E-state index in [0.29, 0.717) is 25.4 Å². The Kier molecular flexibility index (Phi) is 6.30. The minimum Gasteiger partial charge on any atom is -0.481 e. The Hall–Kier alpha value is -1.88. The number of amides is 1. The summed E-state index contributed by atoms with van der Waals surface area (Å²) in [7, 11) is 0. The van der Waals surface area contributed by atoms with Crippen molar-refractivity contribution in [1.29, 1.82) is 0 Å². The predicted octanol–water partition coefficient (Wildman–Crippen LogP) is 2.57. The highest BCUT2D eigenvalue weighted by atomic mass is 16.4. The molecule has 2 fully saturated rings. The van der Waals surface area contributed by atoms with Gasteiger partial charge in [0.15, 0.2) is 0 Å². The summed E-state index contributed by atoms with van der Waals surface area (Å²) in [4.78, 5) is 27.5. The SMILES string of the molecule is Cc1ccc(CCC2CCN(C(=O)CN3CC[C@@H](C(=O)O)C3)CC2)cc1. The zero-order valence-electron chi connectivity index (χ0n) is 15.7. The minimum absolute atomic E-state index is 0.160. The van der Waals surface area contributed by atoms with E-state index in [1.807, 2.05) is 9.80 Å². The number of carboxylic acid groups (broad SMARTS) is 1. The standard InChI is InChI=1S/C21H30N2O3/c1-16-2-4-17(5-3-16)6-7-18-8-12-23(13-9-18)20(24)15-22-11-10-19(14-22)21(25)26/h2-5,18-19H,6-15H2,1H3,(H,25,26)/t19-/m1/s1. The molecule has 26 heavy (non-hydrogen) atoms. The highest BCUT2D eigenvalue weighted by Gasteiger charge is 2.30. The van der Waals surface area contributed by atoms with Crippen molar-refractivity contribution in [2.24, 2.45) is 11.8 Å². The lowest BCUT2D eigenvalue weighted by atomic mass is 9.90. The van der Waals surface area contributed by atoms with Crippen LogP contribution in [-0.2, 0) is 16.0 Å². The Morgan fingerprint density at radius 3 is 2.38 bits per heavy atom. The number of aryl methyl sites for hydroxylation is 2. The summed E-state index contributed by atoms with van der Waals surface area (Å²) in [5, 5.41) is 9.07. The Labute approximate surface area is 156 Å². The highest BCUT2D eigenvalue weighted by molar-refractivity contribution is 5.78. The van der Waals surface area contributed by atoms with E-state index in [1.54, 1.807) is 0 Å². The molecule has 0 unspecified atom stereocenters. The van der Waals surface area contributed by atoms with Crippen LogP contribution >= 0.6 is 0 Å². The van der Waals surface area contributed by atoms with E-state index in [4.69, 9.17) is 5.11 Å². The molecule has 1 amide bonds. The van der Waals surface area contributed by atoms with Crippen molar-refractivity contribution >= 4 is 11.9 Å². The van der Waals surface area contributed by atoms with Crippen LogP contribution in [-0.4, -0.2) is 59.5 Å². The van der Waals surface area contributed by atoms with Gasteiger partial charge < -0.3 is 10.0 Å². The van der Waals surface area contributed by atoms with Gasteiger partial charge in [0.2, 0.25) is 5.91 Å². The molecular formula is C21H30N2O3. The second-order valence-corrected chi connectivity index (χ2v) is 7.91. The van der Waals surface area contributed by atoms with Crippen molar-refractivity contribution in [3.63, 3.8) is 0 Å². The summed E-state index contributed by atoms with van der Waals surface area (Å²) in [6.07, 6.45) is 5.12. The normalized spacial score (nSPS) is 21.9. The fourth-order valence-corrected chi connectivity index (χ4v) is 4.07. The van der Waals surface area contributed by atoms with Crippen molar-refractivity contribution in [2.45, 2.75) is 39.0 Å². The molecule has 2 aliphatic heterocycles. The van der Waals surface area contributed by atoms with Gasteiger partial charge in [-0.1, -0.05) is 29.8 Å². The molecular weight excluding hydrogens is 328 g/mol. The van der Waals surface area contributed by atoms with Crippen molar-refractivity contribution in [3.8, 4) is 0 Å². The van der Waals surface area contributed by atoms with Gasteiger partial charge in [-0.25, -0.2) is 0 Å². The molecule has 3 rings (SSSR count). The maximum Gasteiger partial charge on any atom is 0.307 e. The number of carbonyl (C=O) groups excluding carboxylic acids is 1. The van der Waals surface area contributed by atoms with Crippen LogP contribution in [0.15, 0.2) is 24.3 Å². The van der Waals surface area contributed by atoms with Gasteiger partial charge in [-0.3, -0.25) is 14.5 Å². The van der Waals surface area contributed by atoms with Crippen molar-refractivity contribution in [3.05, 3.63) is 35.4 Å². The molecule has 5 nitrogen and oxygen atoms in total. The first-order valence-electron chi connectivity index (χ1n) is 9.79. The Morgan fingerprint density at radius 1 is 1.08 bits per heavy atom. The van der Waals surface area contributed by atoms with Crippen LogP contribution in [0.5, 0.6) is 0 Å². The number of carbonyl (C=O) groups is 2. The minimum atomic E-state index is -0.741. The first kappa shape index (κ1) is 18.9. The molecule has 0 bridgehead atoms. The number of benzene rings is 1. The third-order valence-electron chi connectivity index (χ3n) is 5.91. The molecule has 1 atom stereocenters. The first-order valence-corrected chi connectivity index (χ1v) is 9.79. The van der Waals surface area contributed by atoms with E-state index >= 15 is 0 Å². The number of hydrogen-bond donors (Lipinski definition) is 1. The van der Waals surface area contributed by atoms with Gasteiger partial charge in [0, 0.05) is 19.6 Å². The molecule has 1 aromatic carbocycles. The molecule has 0 aromatic heterocycles. The van der Waals surface area contributed by atoms with Gasteiger partial charge in [-0.15, -0.1) is 0 Å². The van der Waals surface area contributed by atoms with Gasteiger partial charge >= 0.3 is 5.97 Å². The smallest absolute Gasteiger partial charge is 0.307 e. The Bertz CT molecular complexity index is 621. The van der Waals surface area contributed by atoms with Crippen LogP contribution in [0, 0.1) is 18.8 Å². The van der Waals surface area contributed by atoms with Gasteiger partial charge in [0.25, 0.3) is 0 Å². The molecule has 142 valence electrons. The molecule has 5 heteroatoms. The van der Waals surface area contributed by atoms with Gasteiger partial charge in [-0.05, 0) is 57.1 Å². The summed E-state index contributed by atoms with van der Waals surface area (Å²) in [5.74, 6) is -0.193. The summed E-state index contributed by atoms with van der Waals surface area (Å²) in [6.45, 7) is 5.39. The summed E-state index contributed by atoms with van der Waals surface area (Å²) >= 11 is 0. The van der Waals surface area contributed by atoms with Crippen LogP contribution in [0.3, 0.4) is 0 Å². The number of hydrogen-bond acceptors (Lipinski definition) is 3. The van der Waals surface area contributed by atoms with E-state index in [9.17, 15) is 9.59 Å². The summed E-state index contributed by atoms with van der Waals surface area (Å²) in [6, 6.07) is 8.77. The average Bonchev–Trinajstić information content (AvgIpc) is 3.10. The fourth-order valence-electron chi connectivity index (χ4n) is 4.07. The van der Waals surface area contributed by atoms with Crippen LogP contribution < -0.4 is 0 Å². The van der Waals surface area contributed by atoms with Crippen molar-refractivity contribution in [1.82, 2.24) is 9.80 Å². The molecule has 1 N–H and O–H groups in total. The molecule has 0 spiro atoms. The number of carboxylic acids is 1. The number of nitrogens with zero attached hydrogens (tertiary/aromatic N) is 2. The quantitative estimate of drug-likeness (QED) is 0.849. The zero-order chi connectivity index (χ0) is 18.5. The number of piperidine rings is 1. The number of rotatable bonds is 6. The summed E-state index contributed by atoms with van der Waals surface area (Å²) < 4.78 is 0. The predicted molar refractivity (Wildman–Crippen MR) is 101 cm³/mol. The van der Waals surface area contributed by atoms with E-state index in [-0.39, 0.29) is 11.8 Å². The second-order valence-electron chi connectivity index (χ2n) is 7.91. The van der Waals surface area contributed by atoms with Crippen LogP contribution in [0.25, 0.3) is 0 Å². The van der Waals surface area contributed by atoms with E-state index < -0.39 is 5.97 Å². The molecule has 2 saturated heterocycles. The lowest BCUT2D eigenvalue weighted by Crippen LogP contribution is -2.44. The monoisotopic (exact) mass is 358 g/mol. The molecule has 0 aliphatic carbocycles. The van der Waals surface area contributed by atoms with Crippen LogP contribution in [0.4, 0.5) is 0 Å². The molecule has 0 radical (unpaired) electrons. The van der Waals surface area contributed by atoms with E-state index in [2.05, 4.69) is 31.2 Å². The fraction of sp³-hybridized carbons (Fsp3) is 0.619. The Balaban J connectivity index is 1.37. The van der Waals surface area contributed by atoms with Crippen molar-refractivity contribution in [2.75, 3.05) is 32.7 Å². The summed E-state index contributed by atoms with van der Waals surface area (Å²) in [5.41, 5.74) is 2.70. The number of likely N-dealkylation sites (tertiary alicyclic amines) is 2. The molecule has 1 aromatic rings. The van der Waals surface area contributed by atoms with Crippen LogP contribution in [0.1, 0.15) is 36.8 Å². The van der Waals surface area contributed by atoms with Gasteiger partial charge in [0.05, 0.1) is 12.5 Å². The maximum atomic E-state index is 12.5. The largest absolute Gasteiger partial charge is 0.481 e. The third-order valence-corrected chi connectivity index (χ3v) is 5.91. The van der Waals surface area contributed by atoms with E-state index in [0.717, 1.165) is 38.9 Å². The van der Waals surface area contributed by atoms with Gasteiger partial charge in [0.1, 0.15) is 0 Å². The van der Waals surface area contributed by atoms with Crippen molar-refractivity contribution < 1.29 is 14.7 Å². The van der Waals surface area contributed by atoms with Gasteiger partial charge in [-0.2, -0.15) is 0 Å². The second kappa shape index (κ2) is 8.67. The van der Waals surface area contributed by atoms with Crippen LogP contribution in [0.2, 0.25) is 0 Å². The topological polar surface area (TPSA) is 60.9 Å². The lowest BCUT2D eigenvalue weighted by Gasteiger charge is -2.33. The average molecular weight is 358 g/mol. The van der Waals surface area contributed by atoms with E-state index in [1.165, 1.54) is 17.5 Å². The molecule has 2 heterocycles. The highest BCUT2D eigenvalue weighted by Crippen LogP contribution is 2.23. The molecule has 2 aliphatic rings. The number of aliphatic carboxylic acids is 1. The zero-order valence-corrected chi connectivity index (χ0v) is 15.7. The Morgan fingerprint density at radius 2 is 1.77 bits per heavy atom. The maximum absolute atomic E-state index is 12.5. The first-order chi connectivity index (χ1) is 12.5. The lowest BCUT2D eigenvalue weighted by molar-refractivity contribution is -0.141. The third kappa shape index (κ3) is 5.07.